The van der Waals surface area contributed by atoms with Gasteiger partial charge in [-0.05, 0) is 34.5 Å². The van der Waals surface area contributed by atoms with Crippen molar-refractivity contribution in [3.8, 4) is 0 Å². The fourth-order valence-corrected chi connectivity index (χ4v) is 3.66. The molecular weight excluding hydrogens is 336 g/mol. The third kappa shape index (κ3) is 2.79. The summed E-state index contributed by atoms with van der Waals surface area (Å²) in [6.45, 7) is 2.06. The van der Waals surface area contributed by atoms with Crippen molar-refractivity contribution < 1.29 is 5.11 Å². The zero-order valence-electron chi connectivity index (χ0n) is 10.2. The molecule has 0 aliphatic carbocycles. The topological polar surface area (TPSA) is 38.0 Å². The smallest absolute Gasteiger partial charge is 0.0938 e. The van der Waals surface area contributed by atoms with E-state index in [0.29, 0.717) is 10.8 Å². The van der Waals surface area contributed by atoms with Gasteiger partial charge in [0.15, 0.2) is 0 Å². The van der Waals surface area contributed by atoms with Crippen molar-refractivity contribution in [1.82, 2.24) is 9.78 Å². The summed E-state index contributed by atoms with van der Waals surface area (Å²) < 4.78 is 3.51. The Bertz CT molecular complexity index is 552. The normalized spacial score (nSPS) is 12.9. The summed E-state index contributed by atoms with van der Waals surface area (Å²) in [5, 5.41) is 14.6. The van der Waals surface area contributed by atoms with E-state index in [0.717, 1.165) is 27.2 Å². The van der Waals surface area contributed by atoms with Crippen molar-refractivity contribution >= 4 is 38.9 Å². The van der Waals surface area contributed by atoms with E-state index >= 15 is 0 Å². The monoisotopic (exact) mass is 348 g/mol. The highest BCUT2D eigenvalue weighted by Crippen LogP contribution is 2.31. The summed E-state index contributed by atoms with van der Waals surface area (Å²) in [5.74, 6) is 0. The van der Waals surface area contributed by atoms with Gasteiger partial charge in [-0.15, -0.1) is 11.3 Å². The molecule has 0 spiro atoms. The van der Waals surface area contributed by atoms with E-state index in [9.17, 15) is 5.11 Å². The first-order valence-electron chi connectivity index (χ1n) is 5.66. The summed E-state index contributed by atoms with van der Waals surface area (Å²) in [7, 11) is 1.90. The number of aliphatic hydroxyl groups excluding tert-OH is 1. The SMILES string of the molecule is CCc1nn(C)c(CC(O)c2ccc(Cl)s2)c1Br. The molecule has 2 aromatic rings. The van der Waals surface area contributed by atoms with Gasteiger partial charge in [0.05, 0.1) is 26.3 Å². The minimum atomic E-state index is -0.543. The first-order valence-corrected chi connectivity index (χ1v) is 7.65. The minimum absolute atomic E-state index is 0.529. The van der Waals surface area contributed by atoms with Gasteiger partial charge in [-0.3, -0.25) is 4.68 Å². The third-order valence-electron chi connectivity index (χ3n) is 2.81. The van der Waals surface area contributed by atoms with Gasteiger partial charge >= 0.3 is 0 Å². The van der Waals surface area contributed by atoms with Crippen molar-refractivity contribution in [1.29, 1.82) is 0 Å². The van der Waals surface area contributed by atoms with Crippen LogP contribution < -0.4 is 0 Å². The molecule has 0 aliphatic heterocycles. The zero-order valence-corrected chi connectivity index (χ0v) is 13.3. The first kappa shape index (κ1) is 14.1. The molecule has 2 heterocycles. The molecule has 0 saturated carbocycles. The zero-order chi connectivity index (χ0) is 13.3. The van der Waals surface area contributed by atoms with Crippen LogP contribution in [0.3, 0.4) is 0 Å². The second-order valence-electron chi connectivity index (χ2n) is 4.05. The van der Waals surface area contributed by atoms with Gasteiger partial charge in [0.25, 0.3) is 0 Å². The Morgan fingerprint density at radius 2 is 2.28 bits per heavy atom. The first-order chi connectivity index (χ1) is 8.52. The molecule has 6 heteroatoms. The number of hydrogen-bond acceptors (Lipinski definition) is 3. The lowest BCUT2D eigenvalue weighted by molar-refractivity contribution is 0.179. The molecule has 0 saturated heterocycles. The lowest BCUT2D eigenvalue weighted by atomic mass is 10.1. The number of aliphatic hydroxyl groups is 1. The maximum atomic E-state index is 10.2. The highest BCUT2D eigenvalue weighted by Gasteiger charge is 2.18. The van der Waals surface area contributed by atoms with Gasteiger partial charge < -0.3 is 5.11 Å². The van der Waals surface area contributed by atoms with Crippen LogP contribution in [0.15, 0.2) is 16.6 Å². The largest absolute Gasteiger partial charge is 0.387 e. The molecule has 0 aliphatic rings. The van der Waals surface area contributed by atoms with Gasteiger partial charge in [0, 0.05) is 18.3 Å². The predicted molar refractivity (Wildman–Crippen MR) is 78.3 cm³/mol. The maximum Gasteiger partial charge on any atom is 0.0938 e. The molecule has 1 unspecified atom stereocenters. The van der Waals surface area contributed by atoms with Gasteiger partial charge in [-0.25, -0.2) is 0 Å². The van der Waals surface area contributed by atoms with Crippen LogP contribution in [0.5, 0.6) is 0 Å². The molecule has 0 aromatic carbocycles. The van der Waals surface area contributed by atoms with Crippen LogP contribution in [0.1, 0.15) is 29.3 Å². The third-order valence-corrected chi connectivity index (χ3v) is 5.06. The fourth-order valence-electron chi connectivity index (χ4n) is 1.83. The van der Waals surface area contributed by atoms with Crippen molar-refractivity contribution in [3.63, 3.8) is 0 Å². The van der Waals surface area contributed by atoms with E-state index in [2.05, 4.69) is 28.0 Å². The van der Waals surface area contributed by atoms with Gasteiger partial charge in [0.2, 0.25) is 0 Å². The fraction of sp³-hybridized carbons (Fsp3) is 0.417. The Kier molecular flexibility index (Phi) is 4.48. The Hall–Kier alpha value is -0.360. The highest BCUT2D eigenvalue weighted by atomic mass is 79.9. The summed E-state index contributed by atoms with van der Waals surface area (Å²) >= 11 is 10.8. The molecule has 0 fully saturated rings. The van der Waals surface area contributed by atoms with Gasteiger partial charge in [-0.1, -0.05) is 18.5 Å². The Labute approximate surface area is 124 Å². The number of thiophene rings is 1. The van der Waals surface area contributed by atoms with Gasteiger partial charge in [0.1, 0.15) is 0 Å². The van der Waals surface area contributed by atoms with Crippen LogP contribution in [0.25, 0.3) is 0 Å². The second-order valence-corrected chi connectivity index (χ2v) is 6.59. The summed E-state index contributed by atoms with van der Waals surface area (Å²) in [6.07, 6.45) is 0.856. The minimum Gasteiger partial charge on any atom is -0.387 e. The average Bonchev–Trinajstić information content (AvgIpc) is 2.87. The highest BCUT2D eigenvalue weighted by molar-refractivity contribution is 9.10. The summed E-state index contributed by atoms with van der Waals surface area (Å²) in [5.41, 5.74) is 2.02. The summed E-state index contributed by atoms with van der Waals surface area (Å²) in [4.78, 5) is 0.881. The van der Waals surface area contributed by atoms with E-state index in [1.54, 1.807) is 6.07 Å². The number of aromatic nitrogens is 2. The van der Waals surface area contributed by atoms with Crippen LogP contribution in [0, 0.1) is 0 Å². The lowest BCUT2D eigenvalue weighted by Gasteiger charge is -2.09. The quantitative estimate of drug-likeness (QED) is 0.913. The molecular formula is C12H14BrClN2OS. The Morgan fingerprint density at radius 3 is 2.78 bits per heavy atom. The number of halogens is 2. The molecule has 18 heavy (non-hydrogen) atoms. The molecule has 0 radical (unpaired) electrons. The number of hydrogen-bond donors (Lipinski definition) is 1. The van der Waals surface area contributed by atoms with Crippen molar-refractivity contribution in [2.24, 2.45) is 7.05 Å². The van der Waals surface area contributed by atoms with Crippen LogP contribution in [-0.4, -0.2) is 14.9 Å². The number of nitrogens with zero attached hydrogens (tertiary/aromatic N) is 2. The van der Waals surface area contributed by atoms with E-state index < -0.39 is 6.10 Å². The van der Waals surface area contributed by atoms with Crippen LogP contribution in [-0.2, 0) is 19.9 Å². The lowest BCUT2D eigenvalue weighted by Crippen LogP contribution is -2.05. The van der Waals surface area contributed by atoms with Crippen LogP contribution >= 0.6 is 38.9 Å². The molecule has 2 rings (SSSR count). The average molecular weight is 350 g/mol. The molecule has 2 aromatic heterocycles. The van der Waals surface area contributed by atoms with Crippen molar-refractivity contribution in [2.45, 2.75) is 25.9 Å². The van der Waals surface area contributed by atoms with E-state index in [1.165, 1.54) is 11.3 Å². The molecule has 1 atom stereocenters. The maximum absolute atomic E-state index is 10.2. The predicted octanol–water partition coefficient (Wildman–Crippen LogP) is 3.74. The van der Waals surface area contributed by atoms with E-state index in [-0.39, 0.29) is 0 Å². The van der Waals surface area contributed by atoms with Crippen molar-refractivity contribution in [2.75, 3.05) is 0 Å². The van der Waals surface area contributed by atoms with Crippen LogP contribution in [0.4, 0.5) is 0 Å². The van der Waals surface area contributed by atoms with E-state index in [1.807, 2.05) is 17.8 Å². The summed E-state index contributed by atoms with van der Waals surface area (Å²) in [6, 6.07) is 3.67. The molecule has 3 nitrogen and oxygen atoms in total. The second kappa shape index (κ2) is 5.74. The number of rotatable bonds is 4. The molecule has 1 N–H and O–H groups in total. The Balaban J connectivity index is 2.21. The molecule has 0 amide bonds. The molecule has 98 valence electrons. The number of aryl methyl sites for hydroxylation is 2. The van der Waals surface area contributed by atoms with Crippen LogP contribution in [0.2, 0.25) is 4.34 Å². The molecule has 0 bridgehead atoms. The van der Waals surface area contributed by atoms with Gasteiger partial charge in [-0.2, -0.15) is 5.10 Å². The van der Waals surface area contributed by atoms with E-state index in [4.69, 9.17) is 11.6 Å². The Morgan fingerprint density at radius 1 is 1.56 bits per heavy atom. The standard InChI is InChI=1S/C12H14BrClN2OS/c1-3-7-12(13)8(16(2)15-7)6-9(17)10-4-5-11(14)18-10/h4-5,9,17H,3,6H2,1-2H3. The van der Waals surface area contributed by atoms with Crippen molar-refractivity contribution in [3.05, 3.63) is 37.2 Å².